The number of nitrogens with one attached hydrogen (secondary N) is 2. The molecule has 2 N–H and O–H groups in total. The first kappa shape index (κ1) is 19.9. The second kappa shape index (κ2) is 10.6. The van der Waals surface area contributed by atoms with Crippen molar-refractivity contribution in [2.24, 2.45) is 11.8 Å². The highest BCUT2D eigenvalue weighted by Crippen LogP contribution is 2.22. The molecule has 0 aromatic heterocycles. The highest BCUT2D eigenvalue weighted by Gasteiger charge is 2.21. The summed E-state index contributed by atoms with van der Waals surface area (Å²) in [6, 6.07) is 8.08. The topological polar surface area (TPSA) is 50.4 Å². The van der Waals surface area contributed by atoms with Crippen molar-refractivity contribution < 1.29 is 9.53 Å². The van der Waals surface area contributed by atoms with Crippen molar-refractivity contribution in [3.63, 3.8) is 0 Å². The number of amides is 1. The van der Waals surface area contributed by atoms with Gasteiger partial charge < -0.3 is 15.4 Å². The van der Waals surface area contributed by atoms with Crippen LogP contribution in [0.5, 0.6) is 0 Å². The summed E-state index contributed by atoms with van der Waals surface area (Å²) in [7, 11) is 1.69. The number of halogens is 1. The van der Waals surface area contributed by atoms with Gasteiger partial charge in [0.1, 0.15) is 0 Å². The fraction of sp³-hybridized carbons (Fsp3) is 0.611. The molecule has 1 amide bonds. The van der Waals surface area contributed by atoms with E-state index in [2.05, 4.69) is 17.6 Å². The van der Waals surface area contributed by atoms with Crippen LogP contribution in [-0.4, -0.2) is 26.1 Å². The summed E-state index contributed by atoms with van der Waals surface area (Å²) in [5.41, 5.74) is 2.26. The summed E-state index contributed by atoms with van der Waals surface area (Å²) < 4.78 is 5.20. The lowest BCUT2D eigenvalue weighted by molar-refractivity contribution is -0.122. The molecule has 1 aliphatic heterocycles. The summed E-state index contributed by atoms with van der Waals surface area (Å²) in [5.74, 6) is 1.20. The van der Waals surface area contributed by atoms with E-state index < -0.39 is 0 Å². The fourth-order valence-corrected chi connectivity index (χ4v) is 3.12. The van der Waals surface area contributed by atoms with Crippen molar-refractivity contribution in [1.82, 2.24) is 10.6 Å². The van der Waals surface area contributed by atoms with Crippen molar-refractivity contribution in [3.8, 4) is 0 Å². The van der Waals surface area contributed by atoms with Gasteiger partial charge in [-0.1, -0.05) is 31.2 Å². The first-order chi connectivity index (χ1) is 10.7. The molecule has 2 unspecified atom stereocenters. The van der Waals surface area contributed by atoms with Crippen LogP contribution in [0.4, 0.5) is 0 Å². The molecule has 4 nitrogen and oxygen atoms in total. The van der Waals surface area contributed by atoms with E-state index in [9.17, 15) is 4.79 Å². The number of methoxy groups -OCH3 is 1. The molecular weight excluding hydrogens is 312 g/mol. The first-order valence-electron chi connectivity index (χ1n) is 8.24. The van der Waals surface area contributed by atoms with Gasteiger partial charge in [0.2, 0.25) is 5.91 Å². The van der Waals surface area contributed by atoms with E-state index in [0.717, 1.165) is 24.2 Å². The van der Waals surface area contributed by atoms with Crippen molar-refractivity contribution >= 4 is 18.3 Å². The van der Waals surface area contributed by atoms with E-state index in [0.29, 0.717) is 31.4 Å². The molecule has 1 heterocycles. The average molecular weight is 341 g/mol. The molecule has 2 atom stereocenters. The standard InChI is InChI=1S/C18H28N2O2.ClH/c1-14(15-8-5-9-19-11-15)10-18(21)20-12-16-6-3-4-7-17(16)13-22-2;/h3-4,6-7,14-15,19H,5,8-13H2,1-2H3,(H,20,21);1H. The molecule has 0 radical (unpaired) electrons. The molecule has 0 bridgehead atoms. The summed E-state index contributed by atoms with van der Waals surface area (Å²) in [4.78, 5) is 12.2. The van der Waals surface area contributed by atoms with Crippen LogP contribution in [0.15, 0.2) is 24.3 Å². The molecule has 1 saturated heterocycles. The Morgan fingerprint density at radius 2 is 2.13 bits per heavy atom. The highest BCUT2D eigenvalue weighted by atomic mass is 35.5. The van der Waals surface area contributed by atoms with Crippen molar-refractivity contribution in [2.45, 2.75) is 39.3 Å². The van der Waals surface area contributed by atoms with Gasteiger partial charge in [0.15, 0.2) is 0 Å². The van der Waals surface area contributed by atoms with Crippen LogP contribution in [0, 0.1) is 11.8 Å². The van der Waals surface area contributed by atoms with Gasteiger partial charge in [0.05, 0.1) is 6.61 Å². The molecule has 0 saturated carbocycles. The molecule has 23 heavy (non-hydrogen) atoms. The SMILES string of the molecule is COCc1ccccc1CNC(=O)CC(C)C1CCCNC1.Cl. The molecule has 130 valence electrons. The number of hydrogen-bond donors (Lipinski definition) is 2. The third kappa shape index (κ3) is 6.50. The van der Waals surface area contributed by atoms with Gasteiger partial charge >= 0.3 is 0 Å². The van der Waals surface area contributed by atoms with Gasteiger partial charge in [-0.15, -0.1) is 12.4 Å². The summed E-state index contributed by atoms with van der Waals surface area (Å²) >= 11 is 0. The molecule has 1 aliphatic rings. The first-order valence-corrected chi connectivity index (χ1v) is 8.24. The van der Waals surface area contributed by atoms with E-state index in [1.807, 2.05) is 24.3 Å². The van der Waals surface area contributed by atoms with Crippen molar-refractivity contribution in [1.29, 1.82) is 0 Å². The Bertz CT molecular complexity index is 476. The van der Waals surface area contributed by atoms with Crippen LogP contribution in [-0.2, 0) is 22.7 Å². The Balaban J connectivity index is 0.00000264. The lowest BCUT2D eigenvalue weighted by Gasteiger charge is -2.28. The molecule has 0 aliphatic carbocycles. The molecule has 1 aromatic rings. The Kier molecular flexibility index (Phi) is 9.22. The van der Waals surface area contributed by atoms with Crippen molar-refractivity contribution in [3.05, 3.63) is 35.4 Å². The van der Waals surface area contributed by atoms with Gasteiger partial charge in [-0.3, -0.25) is 4.79 Å². The molecule has 2 rings (SSSR count). The second-order valence-corrected chi connectivity index (χ2v) is 6.27. The zero-order valence-electron chi connectivity index (χ0n) is 14.1. The van der Waals surface area contributed by atoms with Crippen LogP contribution < -0.4 is 10.6 Å². The summed E-state index contributed by atoms with van der Waals surface area (Å²) in [6.45, 7) is 5.51. The Labute approximate surface area is 145 Å². The lowest BCUT2D eigenvalue weighted by atomic mass is 9.85. The predicted octanol–water partition coefficient (Wildman–Crippen LogP) is 2.90. The van der Waals surface area contributed by atoms with Gasteiger partial charge in [-0.2, -0.15) is 0 Å². The van der Waals surface area contributed by atoms with Crippen molar-refractivity contribution in [2.75, 3.05) is 20.2 Å². The maximum atomic E-state index is 12.2. The monoisotopic (exact) mass is 340 g/mol. The van der Waals surface area contributed by atoms with Crippen LogP contribution in [0.3, 0.4) is 0 Å². The highest BCUT2D eigenvalue weighted by molar-refractivity contribution is 5.85. The predicted molar refractivity (Wildman–Crippen MR) is 95.6 cm³/mol. The summed E-state index contributed by atoms with van der Waals surface area (Å²) in [6.07, 6.45) is 3.07. The largest absolute Gasteiger partial charge is 0.380 e. The number of carbonyl (C=O) groups excluding carboxylic acids is 1. The van der Waals surface area contributed by atoms with E-state index in [1.165, 1.54) is 12.8 Å². The van der Waals surface area contributed by atoms with E-state index >= 15 is 0 Å². The Morgan fingerprint density at radius 1 is 1.39 bits per heavy atom. The molecule has 5 heteroatoms. The zero-order chi connectivity index (χ0) is 15.8. The number of ether oxygens (including phenoxy) is 1. The number of hydrogen-bond acceptors (Lipinski definition) is 3. The fourth-order valence-electron chi connectivity index (χ4n) is 3.12. The van der Waals surface area contributed by atoms with Crippen LogP contribution in [0.1, 0.15) is 37.3 Å². The van der Waals surface area contributed by atoms with Crippen LogP contribution >= 0.6 is 12.4 Å². The number of benzene rings is 1. The molecule has 1 aromatic carbocycles. The molecular formula is C18H29ClN2O2. The minimum absolute atomic E-state index is 0. The summed E-state index contributed by atoms with van der Waals surface area (Å²) in [5, 5.41) is 6.48. The third-order valence-corrected chi connectivity index (χ3v) is 4.54. The minimum atomic E-state index is 0. The Morgan fingerprint density at radius 3 is 2.78 bits per heavy atom. The number of carbonyl (C=O) groups is 1. The molecule has 0 spiro atoms. The maximum Gasteiger partial charge on any atom is 0.220 e. The van der Waals surface area contributed by atoms with Crippen LogP contribution in [0.25, 0.3) is 0 Å². The van der Waals surface area contributed by atoms with Gasteiger partial charge in [0, 0.05) is 20.1 Å². The molecule has 1 fully saturated rings. The zero-order valence-corrected chi connectivity index (χ0v) is 15.0. The number of piperidine rings is 1. The quantitative estimate of drug-likeness (QED) is 0.802. The third-order valence-electron chi connectivity index (χ3n) is 4.54. The average Bonchev–Trinajstić information content (AvgIpc) is 2.55. The number of rotatable bonds is 7. The Hall–Kier alpha value is -1.10. The maximum absolute atomic E-state index is 12.2. The van der Waals surface area contributed by atoms with E-state index in [4.69, 9.17) is 4.74 Å². The van der Waals surface area contributed by atoms with Crippen LogP contribution in [0.2, 0.25) is 0 Å². The van der Waals surface area contributed by atoms with Gasteiger partial charge in [-0.05, 0) is 48.9 Å². The van der Waals surface area contributed by atoms with Gasteiger partial charge in [-0.25, -0.2) is 0 Å². The lowest BCUT2D eigenvalue weighted by Crippen LogP contribution is -2.35. The van der Waals surface area contributed by atoms with Gasteiger partial charge in [0.25, 0.3) is 0 Å². The van der Waals surface area contributed by atoms with E-state index in [1.54, 1.807) is 7.11 Å². The second-order valence-electron chi connectivity index (χ2n) is 6.27. The van der Waals surface area contributed by atoms with E-state index in [-0.39, 0.29) is 18.3 Å². The normalized spacial score (nSPS) is 18.8. The minimum Gasteiger partial charge on any atom is -0.380 e. The smallest absolute Gasteiger partial charge is 0.220 e.